The molecule has 0 radical (unpaired) electrons. The lowest BCUT2D eigenvalue weighted by Gasteiger charge is -2.28. The van der Waals surface area contributed by atoms with Gasteiger partial charge < -0.3 is 13.8 Å². The summed E-state index contributed by atoms with van der Waals surface area (Å²) >= 11 is 0. The lowest BCUT2D eigenvalue weighted by molar-refractivity contribution is -0.130. The Bertz CT molecular complexity index is 668. The molecule has 0 bridgehead atoms. The highest BCUT2D eigenvalue weighted by Gasteiger charge is 2.25. The van der Waals surface area contributed by atoms with E-state index in [4.69, 9.17) is 8.94 Å². The van der Waals surface area contributed by atoms with E-state index in [1.54, 1.807) is 12.5 Å². The second-order valence-corrected chi connectivity index (χ2v) is 6.57. The average Bonchev–Trinajstić information content (AvgIpc) is 3.18. The van der Waals surface area contributed by atoms with Crippen LogP contribution in [0.5, 0.6) is 0 Å². The van der Waals surface area contributed by atoms with Crippen molar-refractivity contribution in [3.05, 3.63) is 35.9 Å². The molecule has 0 aliphatic carbocycles. The topological polar surface area (TPSA) is 75.6 Å². The summed E-state index contributed by atoms with van der Waals surface area (Å²) in [7, 11) is 0. The van der Waals surface area contributed by atoms with Crippen molar-refractivity contribution in [1.29, 1.82) is 0 Å². The van der Waals surface area contributed by atoms with Gasteiger partial charge in [-0.3, -0.25) is 9.69 Å². The van der Waals surface area contributed by atoms with Gasteiger partial charge in [-0.2, -0.15) is 4.98 Å². The Morgan fingerprint density at radius 1 is 1.40 bits per heavy atom. The number of hydrogen-bond acceptors (Lipinski definition) is 6. The SMILES string of the molecule is CCN(Cc1noc(C)n1)[C@H]1CCCN(C(=O)Cc2ccoc2)CC1. The molecule has 0 unspecified atom stereocenters. The molecule has 7 nitrogen and oxygen atoms in total. The number of furan rings is 1. The number of nitrogens with zero attached hydrogens (tertiary/aromatic N) is 4. The lowest BCUT2D eigenvalue weighted by atomic mass is 10.1. The molecule has 2 aromatic heterocycles. The number of rotatable bonds is 6. The van der Waals surface area contributed by atoms with Crippen molar-refractivity contribution in [3.63, 3.8) is 0 Å². The average molecular weight is 346 g/mol. The minimum Gasteiger partial charge on any atom is -0.472 e. The van der Waals surface area contributed by atoms with Gasteiger partial charge in [0.1, 0.15) is 0 Å². The molecule has 7 heteroatoms. The molecule has 1 aliphatic rings. The van der Waals surface area contributed by atoms with Crippen LogP contribution in [0.2, 0.25) is 0 Å². The molecule has 136 valence electrons. The summed E-state index contributed by atoms with van der Waals surface area (Å²) < 4.78 is 10.1. The number of aryl methyl sites for hydroxylation is 1. The van der Waals surface area contributed by atoms with E-state index in [0.29, 0.717) is 24.9 Å². The summed E-state index contributed by atoms with van der Waals surface area (Å²) in [6.45, 7) is 7.21. The smallest absolute Gasteiger partial charge is 0.227 e. The van der Waals surface area contributed by atoms with Gasteiger partial charge in [0.2, 0.25) is 11.8 Å². The van der Waals surface area contributed by atoms with Gasteiger partial charge in [0.25, 0.3) is 0 Å². The van der Waals surface area contributed by atoms with Gasteiger partial charge in [0, 0.05) is 26.1 Å². The van der Waals surface area contributed by atoms with Crippen LogP contribution in [0.25, 0.3) is 0 Å². The van der Waals surface area contributed by atoms with Crippen LogP contribution in [0.3, 0.4) is 0 Å². The molecule has 0 aromatic carbocycles. The van der Waals surface area contributed by atoms with Gasteiger partial charge >= 0.3 is 0 Å². The summed E-state index contributed by atoms with van der Waals surface area (Å²) in [6, 6.07) is 2.29. The molecule has 3 rings (SSSR count). The zero-order chi connectivity index (χ0) is 17.6. The molecule has 1 amide bonds. The standard InChI is InChI=1S/C18H26N4O3/c1-3-21(12-17-19-14(2)25-20-17)16-5-4-8-22(9-6-16)18(23)11-15-7-10-24-13-15/h7,10,13,16H,3-6,8-9,11-12H2,1-2H3/t16-/m0/s1. The molecular formula is C18H26N4O3. The number of aromatic nitrogens is 2. The fourth-order valence-electron chi connectivity index (χ4n) is 3.46. The maximum absolute atomic E-state index is 12.5. The number of amides is 1. The molecule has 2 aromatic rings. The predicted molar refractivity (Wildman–Crippen MR) is 91.8 cm³/mol. The van der Waals surface area contributed by atoms with E-state index in [-0.39, 0.29) is 5.91 Å². The quantitative estimate of drug-likeness (QED) is 0.799. The largest absolute Gasteiger partial charge is 0.472 e. The second kappa shape index (κ2) is 8.29. The fraction of sp³-hybridized carbons (Fsp3) is 0.611. The van der Waals surface area contributed by atoms with Crippen molar-refractivity contribution in [2.24, 2.45) is 0 Å². The van der Waals surface area contributed by atoms with Gasteiger partial charge in [-0.05, 0) is 37.4 Å². The monoisotopic (exact) mass is 346 g/mol. The lowest BCUT2D eigenvalue weighted by Crippen LogP contribution is -2.37. The molecule has 1 fully saturated rings. The third-order valence-corrected chi connectivity index (χ3v) is 4.82. The summed E-state index contributed by atoms with van der Waals surface area (Å²) in [4.78, 5) is 21.2. The number of likely N-dealkylation sites (tertiary alicyclic amines) is 1. The van der Waals surface area contributed by atoms with Crippen molar-refractivity contribution < 1.29 is 13.7 Å². The van der Waals surface area contributed by atoms with Crippen LogP contribution in [-0.4, -0.2) is 51.5 Å². The molecule has 3 heterocycles. The molecule has 0 saturated carbocycles. The summed E-state index contributed by atoms with van der Waals surface area (Å²) in [5, 5.41) is 4.01. The zero-order valence-electron chi connectivity index (χ0n) is 15.0. The Hall–Kier alpha value is -2.15. The van der Waals surface area contributed by atoms with Crippen molar-refractivity contribution in [2.75, 3.05) is 19.6 Å². The maximum Gasteiger partial charge on any atom is 0.227 e. The Kier molecular flexibility index (Phi) is 5.86. The normalized spacial score (nSPS) is 18.5. The van der Waals surface area contributed by atoms with Crippen molar-refractivity contribution >= 4 is 5.91 Å². The molecule has 25 heavy (non-hydrogen) atoms. The Morgan fingerprint density at radius 2 is 2.28 bits per heavy atom. The van der Waals surface area contributed by atoms with Crippen LogP contribution in [0, 0.1) is 6.92 Å². The fourth-order valence-corrected chi connectivity index (χ4v) is 3.46. The van der Waals surface area contributed by atoms with Crippen LogP contribution in [-0.2, 0) is 17.8 Å². The van der Waals surface area contributed by atoms with Crippen LogP contribution in [0.1, 0.15) is 43.5 Å². The molecule has 1 atom stereocenters. The first-order valence-electron chi connectivity index (χ1n) is 8.97. The number of carbonyl (C=O) groups excluding carboxylic acids is 1. The third kappa shape index (κ3) is 4.69. The van der Waals surface area contributed by atoms with Crippen LogP contribution < -0.4 is 0 Å². The van der Waals surface area contributed by atoms with Gasteiger partial charge in [0.15, 0.2) is 5.82 Å². The number of hydrogen-bond donors (Lipinski definition) is 0. The highest BCUT2D eigenvalue weighted by Crippen LogP contribution is 2.19. The van der Waals surface area contributed by atoms with Crippen LogP contribution >= 0.6 is 0 Å². The molecule has 0 N–H and O–H groups in total. The minimum atomic E-state index is 0.180. The molecule has 1 aliphatic heterocycles. The van der Waals surface area contributed by atoms with Gasteiger partial charge in [0.05, 0.1) is 25.5 Å². The van der Waals surface area contributed by atoms with Crippen LogP contribution in [0.15, 0.2) is 27.5 Å². The molecular weight excluding hydrogens is 320 g/mol. The van der Waals surface area contributed by atoms with Crippen molar-refractivity contribution in [2.45, 2.75) is 52.1 Å². The third-order valence-electron chi connectivity index (χ3n) is 4.82. The maximum atomic E-state index is 12.5. The van der Waals surface area contributed by atoms with Gasteiger partial charge in [-0.15, -0.1) is 0 Å². The first-order chi connectivity index (χ1) is 12.2. The summed E-state index contributed by atoms with van der Waals surface area (Å²) in [6.07, 6.45) is 6.75. The summed E-state index contributed by atoms with van der Waals surface area (Å²) in [5.74, 6) is 1.51. The van der Waals surface area contributed by atoms with E-state index in [0.717, 1.165) is 50.3 Å². The van der Waals surface area contributed by atoms with E-state index >= 15 is 0 Å². The van der Waals surface area contributed by atoms with E-state index in [2.05, 4.69) is 22.0 Å². The highest BCUT2D eigenvalue weighted by atomic mass is 16.5. The Balaban J connectivity index is 1.55. The second-order valence-electron chi connectivity index (χ2n) is 6.57. The minimum absolute atomic E-state index is 0.180. The first kappa shape index (κ1) is 17.7. The van der Waals surface area contributed by atoms with E-state index < -0.39 is 0 Å². The Morgan fingerprint density at radius 3 is 2.96 bits per heavy atom. The number of carbonyl (C=O) groups is 1. The Labute approximate surface area is 148 Å². The predicted octanol–water partition coefficient (Wildman–Crippen LogP) is 2.42. The van der Waals surface area contributed by atoms with E-state index in [9.17, 15) is 4.79 Å². The van der Waals surface area contributed by atoms with E-state index in [1.807, 2.05) is 17.9 Å². The molecule has 1 saturated heterocycles. The van der Waals surface area contributed by atoms with Crippen LogP contribution in [0.4, 0.5) is 0 Å². The summed E-state index contributed by atoms with van der Waals surface area (Å²) in [5.41, 5.74) is 0.938. The van der Waals surface area contributed by atoms with Crippen molar-refractivity contribution in [1.82, 2.24) is 19.9 Å². The van der Waals surface area contributed by atoms with Gasteiger partial charge in [-0.25, -0.2) is 0 Å². The molecule has 0 spiro atoms. The van der Waals surface area contributed by atoms with Crippen molar-refractivity contribution in [3.8, 4) is 0 Å². The first-order valence-corrected chi connectivity index (χ1v) is 8.97. The van der Waals surface area contributed by atoms with Gasteiger partial charge in [-0.1, -0.05) is 12.1 Å². The van der Waals surface area contributed by atoms with E-state index in [1.165, 1.54) is 0 Å². The zero-order valence-corrected chi connectivity index (χ0v) is 15.0. The highest BCUT2D eigenvalue weighted by molar-refractivity contribution is 5.78.